The number of hydrogen-bond donors (Lipinski definition) is 2. The van der Waals surface area contributed by atoms with Crippen LogP contribution < -0.4 is 4.72 Å². The molecule has 1 fully saturated rings. The van der Waals surface area contributed by atoms with E-state index in [0.717, 1.165) is 35.9 Å². The molecule has 1 aliphatic heterocycles. The van der Waals surface area contributed by atoms with Crippen LogP contribution in [-0.2, 0) is 10.0 Å². The molecule has 6 nitrogen and oxygen atoms in total. The average Bonchev–Trinajstić information content (AvgIpc) is 2.90. The van der Waals surface area contributed by atoms with Gasteiger partial charge in [0.15, 0.2) is 0 Å². The van der Waals surface area contributed by atoms with Gasteiger partial charge in [0.05, 0.1) is 0 Å². The zero-order valence-corrected chi connectivity index (χ0v) is 13.2. The molecule has 1 aromatic heterocycles. The molecular weight excluding hydrogens is 320 g/mol. The molecule has 2 heterocycles. The Hall–Kier alpha value is -0.610. The summed E-state index contributed by atoms with van der Waals surface area (Å²) in [6.07, 6.45) is 0. The number of thioether (sulfide) groups is 1. The molecule has 0 spiro atoms. The molecule has 1 aliphatic rings. The van der Waals surface area contributed by atoms with Gasteiger partial charge in [-0.25, -0.2) is 17.9 Å². The number of rotatable bonds is 6. The highest BCUT2D eigenvalue weighted by Gasteiger charge is 2.23. The van der Waals surface area contributed by atoms with Gasteiger partial charge < -0.3 is 10.0 Å². The van der Waals surface area contributed by atoms with Gasteiger partial charge in [-0.1, -0.05) is 0 Å². The number of hydrogen-bond acceptors (Lipinski definition) is 6. The molecule has 2 N–H and O–H groups in total. The number of thiophene rings is 1. The van der Waals surface area contributed by atoms with E-state index in [1.54, 1.807) is 0 Å². The zero-order valence-electron chi connectivity index (χ0n) is 10.7. The minimum atomic E-state index is -3.75. The number of nitrogens with one attached hydrogen (secondary N) is 1. The fraction of sp³-hybridized carbons (Fsp3) is 0.545. The van der Waals surface area contributed by atoms with Crippen molar-refractivity contribution in [3.05, 3.63) is 16.3 Å². The van der Waals surface area contributed by atoms with Crippen LogP contribution in [-0.4, -0.2) is 62.1 Å². The fourth-order valence-electron chi connectivity index (χ4n) is 1.91. The van der Waals surface area contributed by atoms with Crippen LogP contribution >= 0.6 is 23.1 Å². The molecular formula is C11H16N2O4S3. The third kappa shape index (κ3) is 3.95. The number of carboxylic acids is 1. The molecule has 1 saturated heterocycles. The molecule has 0 saturated carbocycles. The third-order valence-electron chi connectivity index (χ3n) is 2.94. The predicted octanol–water partition coefficient (Wildman–Crippen LogP) is 0.773. The maximum atomic E-state index is 12.1. The number of nitrogens with zero attached hydrogens (tertiary/aromatic N) is 1. The Kier molecular flexibility index (Phi) is 5.44. The molecule has 112 valence electrons. The standard InChI is InChI=1S/C11H16N2O4S3/c14-11(15)10-9(1-6-19-10)20(16,17)12-2-3-13-4-7-18-8-5-13/h1,6,12H,2-5,7-8H2,(H,14,15). The molecule has 0 bridgehead atoms. The molecule has 1 aromatic rings. The Morgan fingerprint density at radius 2 is 2.10 bits per heavy atom. The quantitative estimate of drug-likeness (QED) is 0.798. The molecule has 9 heteroatoms. The molecule has 20 heavy (non-hydrogen) atoms. The molecule has 2 rings (SSSR count). The van der Waals surface area contributed by atoms with Gasteiger partial charge >= 0.3 is 5.97 Å². The van der Waals surface area contributed by atoms with E-state index in [1.165, 1.54) is 11.4 Å². The number of aromatic carboxylic acids is 1. The van der Waals surface area contributed by atoms with E-state index in [2.05, 4.69) is 9.62 Å². The molecule has 0 aromatic carbocycles. The smallest absolute Gasteiger partial charge is 0.347 e. The maximum absolute atomic E-state index is 12.1. The van der Waals surface area contributed by atoms with Gasteiger partial charge in [0, 0.05) is 37.7 Å². The van der Waals surface area contributed by atoms with Crippen molar-refractivity contribution >= 4 is 39.1 Å². The second kappa shape index (κ2) is 6.90. The van der Waals surface area contributed by atoms with Crippen LogP contribution in [0, 0.1) is 0 Å². The van der Waals surface area contributed by atoms with Crippen LogP contribution in [0.15, 0.2) is 16.3 Å². The summed E-state index contributed by atoms with van der Waals surface area (Å²) in [5, 5.41) is 10.4. The van der Waals surface area contributed by atoms with E-state index >= 15 is 0 Å². The lowest BCUT2D eigenvalue weighted by molar-refractivity contribution is 0.0698. The van der Waals surface area contributed by atoms with Gasteiger partial charge in [0.25, 0.3) is 0 Å². The molecule has 0 radical (unpaired) electrons. The van der Waals surface area contributed by atoms with Crippen LogP contribution in [0.5, 0.6) is 0 Å². The lowest BCUT2D eigenvalue weighted by atomic mass is 10.5. The van der Waals surface area contributed by atoms with Crippen LogP contribution in [0.3, 0.4) is 0 Å². The maximum Gasteiger partial charge on any atom is 0.347 e. The van der Waals surface area contributed by atoms with Crippen molar-refractivity contribution in [1.29, 1.82) is 0 Å². The Morgan fingerprint density at radius 1 is 1.40 bits per heavy atom. The Labute approximate surface area is 126 Å². The second-order valence-corrected chi connectivity index (χ2v) is 8.15. The summed E-state index contributed by atoms with van der Waals surface area (Å²) in [4.78, 5) is 12.9. The van der Waals surface area contributed by atoms with E-state index in [9.17, 15) is 13.2 Å². The topological polar surface area (TPSA) is 86.7 Å². The number of sulfonamides is 1. The largest absolute Gasteiger partial charge is 0.477 e. The normalized spacial score (nSPS) is 17.2. The Bertz CT molecular complexity index is 564. The third-order valence-corrected chi connectivity index (χ3v) is 6.41. The van der Waals surface area contributed by atoms with Gasteiger partial charge in [-0.05, 0) is 11.4 Å². The highest BCUT2D eigenvalue weighted by molar-refractivity contribution is 7.99. The summed E-state index contributed by atoms with van der Waals surface area (Å²) in [6, 6.07) is 1.33. The first-order valence-corrected chi connectivity index (χ1v) is 9.63. The minimum absolute atomic E-state index is 0.146. The average molecular weight is 336 g/mol. The van der Waals surface area contributed by atoms with Crippen LogP contribution in [0.4, 0.5) is 0 Å². The predicted molar refractivity (Wildman–Crippen MR) is 80.2 cm³/mol. The van der Waals surface area contributed by atoms with E-state index in [-0.39, 0.29) is 9.77 Å². The van der Waals surface area contributed by atoms with Crippen molar-refractivity contribution in [1.82, 2.24) is 9.62 Å². The van der Waals surface area contributed by atoms with E-state index in [0.29, 0.717) is 13.1 Å². The van der Waals surface area contributed by atoms with Crippen LogP contribution in [0.25, 0.3) is 0 Å². The Balaban J connectivity index is 1.93. The minimum Gasteiger partial charge on any atom is -0.477 e. The summed E-state index contributed by atoms with van der Waals surface area (Å²) in [5.41, 5.74) is 0. The summed E-state index contributed by atoms with van der Waals surface area (Å²) < 4.78 is 26.6. The van der Waals surface area contributed by atoms with E-state index < -0.39 is 16.0 Å². The lowest BCUT2D eigenvalue weighted by Crippen LogP contribution is -2.39. The Morgan fingerprint density at radius 3 is 2.75 bits per heavy atom. The molecule has 0 amide bonds. The van der Waals surface area contributed by atoms with Gasteiger partial charge in [-0.15, -0.1) is 11.3 Å². The highest BCUT2D eigenvalue weighted by Crippen LogP contribution is 2.21. The van der Waals surface area contributed by atoms with Crippen LogP contribution in [0.2, 0.25) is 0 Å². The first-order chi connectivity index (χ1) is 9.50. The van der Waals surface area contributed by atoms with Crippen molar-refractivity contribution in [3.8, 4) is 0 Å². The van der Waals surface area contributed by atoms with Crippen molar-refractivity contribution in [2.45, 2.75) is 4.90 Å². The summed E-state index contributed by atoms with van der Waals surface area (Å²) in [5.74, 6) is 0.925. The monoisotopic (exact) mass is 336 g/mol. The highest BCUT2D eigenvalue weighted by atomic mass is 32.2. The summed E-state index contributed by atoms with van der Waals surface area (Å²) in [6.45, 7) is 2.87. The zero-order chi connectivity index (χ0) is 14.6. The summed E-state index contributed by atoms with van der Waals surface area (Å²) in [7, 11) is -3.75. The second-order valence-electron chi connectivity index (χ2n) is 4.27. The first kappa shape index (κ1) is 15.8. The van der Waals surface area contributed by atoms with Gasteiger partial charge in [-0.2, -0.15) is 11.8 Å². The van der Waals surface area contributed by atoms with Crippen molar-refractivity contribution in [2.75, 3.05) is 37.7 Å². The van der Waals surface area contributed by atoms with E-state index in [4.69, 9.17) is 5.11 Å². The van der Waals surface area contributed by atoms with Crippen molar-refractivity contribution in [2.24, 2.45) is 0 Å². The fourth-order valence-corrected chi connectivity index (χ4v) is 5.16. The van der Waals surface area contributed by atoms with E-state index in [1.807, 2.05) is 11.8 Å². The van der Waals surface area contributed by atoms with Gasteiger partial charge in [0.1, 0.15) is 9.77 Å². The summed E-state index contributed by atoms with van der Waals surface area (Å²) >= 11 is 2.81. The number of carbonyl (C=O) groups is 1. The molecule has 0 aliphatic carbocycles. The lowest BCUT2D eigenvalue weighted by Gasteiger charge is -2.25. The molecule has 0 unspecified atom stereocenters. The SMILES string of the molecule is O=C(O)c1sccc1S(=O)(=O)NCCN1CCSCC1. The van der Waals surface area contributed by atoms with Gasteiger partial charge in [-0.3, -0.25) is 0 Å². The van der Waals surface area contributed by atoms with Crippen molar-refractivity contribution < 1.29 is 18.3 Å². The first-order valence-electron chi connectivity index (χ1n) is 6.11. The number of carboxylic acid groups (broad SMARTS) is 1. The molecule has 0 atom stereocenters. The van der Waals surface area contributed by atoms with Crippen molar-refractivity contribution in [3.63, 3.8) is 0 Å². The van der Waals surface area contributed by atoms with Crippen LogP contribution in [0.1, 0.15) is 9.67 Å². The van der Waals surface area contributed by atoms with Gasteiger partial charge in [0.2, 0.25) is 10.0 Å².